The zero-order chi connectivity index (χ0) is 13.2. The molecule has 19 heavy (non-hydrogen) atoms. The predicted octanol–water partition coefficient (Wildman–Crippen LogP) is 3.99. The molecule has 1 aliphatic heterocycles. The van der Waals surface area contributed by atoms with Crippen molar-refractivity contribution in [3.8, 4) is 0 Å². The molecule has 0 unspecified atom stereocenters. The lowest BCUT2D eigenvalue weighted by atomic mass is 9.88. The third-order valence-electron chi connectivity index (χ3n) is 3.62. The topological polar surface area (TPSA) is 20.3 Å². The summed E-state index contributed by atoms with van der Waals surface area (Å²) in [4.78, 5) is 13.4. The summed E-state index contributed by atoms with van der Waals surface area (Å²) in [7, 11) is 0. The van der Waals surface area contributed by atoms with Crippen molar-refractivity contribution in [3.63, 3.8) is 0 Å². The Labute approximate surface area is 117 Å². The van der Waals surface area contributed by atoms with E-state index in [0.717, 1.165) is 12.0 Å². The van der Waals surface area contributed by atoms with E-state index in [0.29, 0.717) is 6.54 Å². The van der Waals surface area contributed by atoms with Gasteiger partial charge >= 0.3 is 5.37 Å². The fourth-order valence-electron chi connectivity index (χ4n) is 2.75. The maximum Gasteiger partial charge on any atom is 0.317 e. The van der Waals surface area contributed by atoms with Gasteiger partial charge in [-0.2, -0.15) is 0 Å². The molecule has 2 aromatic rings. The highest BCUT2D eigenvalue weighted by atomic mass is 35.5. The Hall–Kier alpha value is -1.80. The molecule has 3 rings (SSSR count). The number of nitrogens with zero attached hydrogens (tertiary/aromatic N) is 1. The molecule has 1 heterocycles. The zero-order valence-electron chi connectivity index (χ0n) is 10.4. The molecular formula is C16H14ClNO. The normalized spacial score (nSPS) is 17.9. The van der Waals surface area contributed by atoms with E-state index in [-0.39, 0.29) is 11.4 Å². The van der Waals surface area contributed by atoms with Crippen molar-refractivity contribution >= 4 is 17.0 Å². The summed E-state index contributed by atoms with van der Waals surface area (Å²) in [5.74, 6) is 0. The molecule has 96 valence electrons. The van der Waals surface area contributed by atoms with Crippen LogP contribution < -0.4 is 0 Å². The van der Waals surface area contributed by atoms with Crippen molar-refractivity contribution in [2.45, 2.75) is 12.5 Å². The molecule has 0 saturated heterocycles. The first-order chi connectivity index (χ1) is 9.27. The van der Waals surface area contributed by atoms with Crippen LogP contribution in [0.25, 0.3) is 0 Å². The quantitative estimate of drug-likeness (QED) is 0.567. The van der Waals surface area contributed by atoms with E-state index in [2.05, 4.69) is 12.1 Å². The van der Waals surface area contributed by atoms with Crippen LogP contribution in [0.3, 0.4) is 0 Å². The van der Waals surface area contributed by atoms with Gasteiger partial charge in [0.1, 0.15) is 0 Å². The molecule has 3 heteroatoms. The highest BCUT2D eigenvalue weighted by molar-refractivity contribution is 6.62. The Bertz CT molecular complexity index is 597. The molecular weight excluding hydrogens is 258 g/mol. The smallest absolute Gasteiger partial charge is 0.317 e. The predicted molar refractivity (Wildman–Crippen MR) is 76.4 cm³/mol. The summed E-state index contributed by atoms with van der Waals surface area (Å²) < 4.78 is 0. The third kappa shape index (κ3) is 2.24. The van der Waals surface area contributed by atoms with Crippen LogP contribution in [0.2, 0.25) is 0 Å². The number of carbonyl (C=O) groups is 1. The van der Waals surface area contributed by atoms with Gasteiger partial charge in [-0.1, -0.05) is 54.6 Å². The van der Waals surface area contributed by atoms with Crippen molar-refractivity contribution < 1.29 is 4.79 Å². The zero-order valence-corrected chi connectivity index (χ0v) is 11.2. The van der Waals surface area contributed by atoms with Crippen LogP contribution in [0.15, 0.2) is 54.6 Å². The first-order valence-electron chi connectivity index (χ1n) is 6.36. The Balaban J connectivity index is 2.13. The first-order valence-corrected chi connectivity index (χ1v) is 6.74. The van der Waals surface area contributed by atoms with Crippen LogP contribution in [0.5, 0.6) is 0 Å². The fourth-order valence-corrected chi connectivity index (χ4v) is 2.93. The molecule has 1 atom stereocenters. The van der Waals surface area contributed by atoms with E-state index < -0.39 is 0 Å². The minimum atomic E-state index is -0.386. The van der Waals surface area contributed by atoms with Crippen LogP contribution >= 0.6 is 11.6 Å². The number of hydrogen-bond acceptors (Lipinski definition) is 1. The van der Waals surface area contributed by atoms with E-state index in [1.807, 2.05) is 42.5 Å². The maximum atomic E-state index is 11.7. The minimum Gasteiger partial charge on any atom is -0.318 e. The molecule has 1 aliphatic rings. The number of halogens is 1. The molecule has 0 bridgehead atoms. The third-order valence-corrected chi connectivity index (χ3v) is 3.84. The number of amides is 1. The lowest BCUT2D eigenvalue weighted by Crippen LogP contribution is -2.37. The summed E-state index contributed by atoms with van der Waals surface area (Å²) in [5.41, 5.74) is 3.57. The van der Waals surface area contributed by atoms with Gasteiger partial charge in [0, 0.05) is 6.54 Å². The monoisotopic (exact) mass is 271 g/mol. The molecule has 0 radical (unpaired) electrons. The molecule has 2 nitrogen and oxygen atoms in total. The molecule has 2 aromatic carbocycles. The second-order valence-electron chi connectivity index (χ2n) is 4.71. The standard InChI is InChI=1S/C16H14ClNO/c17-16(19)18-11-10-12-6-4-5-9-14(12)15(18)13-7-2-1-3-8-13/h1-9,15H,10-11H2/t15-/m0/s1. The van der Waals surface area contributed by atoms with E-state index in [1.165, 1.54) is 11.1 Å². The van der Waals surface area contributed by atoms with Gasteiger partial charge in [-0.15, -0.1) is 0 Å². The molecule has 0 aromatic heterocycles. The van der Waals surface area contributed by atoms with Crippen molar-refractivity contribution in [2.24, 2.45) is 0 Å². The average Bonchev–Trinajstić information content (AvgIpc) is 2.46. The lowest BCUT2D eigenvalue weighted by Gasteiger charge is -2.36. The van der Waals surface area contributed by atoms with Gasteiger partial charge in [0.15, 0.2) is 0 Å². The molecule has 0 spiro atoms. The molecule has 0 aliphatic carbocycles. The van der Waals surface area contributed by atoms with Crippen molar-refractivity contribution in [1.29, 1.82) is 0 Å². The van der Waals surface area contributed by atoms with Gasteiger partial charge in [-0.25, -0.2) is 0 Å². The Morgan fingerprint density at radius 2 is 1.74 bits per heavy atom. The average molecular weight is 272 g/mol. The summed E-state index contributed by atoms with van der Waals surface area (Å²) in [6, 6.07) is 18.2. The van der Waals surface area contributed by atoms with Crippen LogP contribution in [-0.4, -0.2) is 16.8 Å². The van der Waals surface area contributed by atoms with Gasteiger partial charge < -0.3 is 4.90 Å². The molecule has 0 N–H and O–H groups in total. The summed E-state index contributed by atoms with van der Waals surface area (Å²) in [6.07, 6.45) is 0.859. The van der Waals surface area contributed by atoms with Crippen molar-refractivity contribution in [3.05, 3.63) is 71.3 Å². The number of fused-ring (bicyclic) bond motifs is 1. The van der Waals surface area contributed by atoms with Gasteiger partial charge in [0.2, 0.25) is 0 Å². The van der Waals surface area contributed by atoms with E-state index in [4.69, 9.17) is 11.6 Å². The number of hydrogen-bond donors (Lipinski definition) is 0. The summed E-state index contributed by atoms with van der Waals surface area (Å²) >= 11 is 5.75. The number of carbonyl (C=O) groups excluding carboxylic acids is 1. The highest BCUT2D eigenvalue weighted by Gasteiger charge is 2.30. The first kappa shape index (κ1) is 12.2. The van der Waals surface area contributed by atoms with Crippen molar-refractivity contribution in [1.82, 2.24) is 4.90 Å². The van der Waals surface area contributed by atoms with Crippen LogP contribution in [0, 0.1) is 0 Å². The fraction of sp³-hybridized carbons (Fsp3) is 0.188. The van der Waals surface area contributed by atoms with E-state index in [9.17, 15) is 4.79 Å². The summed E-state index contributed by atoms with van der Waals surface area (Å²) in [5, 5.41) is -0.386. The van der Waals surface area contributed by atoms with Crippen LogP contribution in [0.4, 0.5) is 4.79 Å². The number of benzene rings is 2. The molecule has 0 fully saturated rings. The van der Waals surface area contributed by atoms with Crippen LogP contribution in [-0.2, 0) is 6.42 Å². The maximum absolute atomic E-state index is 11.7. The summed E-state index contributed by atoms with van der Waals surface area (Å²) in [6.45, 7) is 0.666. The van der Waals surface area contributed by atoms with Crippen molar-refractivity contribution in [2.75, 3.05) is 6.54 Å². The highest BCUT2D eigenvalue weighted by Crippen LogP contribution is 2.35. The van der Waals surface area contributed by atoms with Gasteiger partial charge in [-0.05, 0) is 34.7 Å². The second-order valence-corrected chi connectivity index (χ2v) is 5.03. The number of rotatable bonds is 1. The van der Waals surface area contributed by atoms with Gasteiger partial charge in [-0.3, -0.25) is 4.79 Å². The van der Waals surface area contributed by atoms with E-state index >= 15 is 0 Å². The molecule has 1 amide bonds. The van der Waals surface area contributed by atoms with Gasteiger partial charge in [0.25, 0.3) is 0 Å². The SMILES string of the molecule is O=C(Cl)N1CCc2ccccc2[C@@H]1c1ccccc1. The molecule has 0 saturated carbocycles. The largest absolute Gasteiger partial charge is 0.318 e. The lowest BCUT2D eigenvalue weighted by molar-refractivity contribution is 0.204. The Morgan fingerprint density at radius 3 is 2.47 bits per heavy atom. The Morgan fingerprint density at radius 1 is 1.05 bits per heavy atom. The van der Waals surface area contributed by atoms with E-state index in [1.54, 1.807) is 4.90 Å². The minimum absolute atomic E-state index is 0.0730. The van der Waals surface area contributed by atoms with Crippen LogP contribution in [0.1, 0.15) is 22.7 Å². The van der Waals surface area contributed by atoms with Gasteiger partial charge in [0.05, 0.1) is 6.04 Å². The Kier molecular flexibility index (Phi) is 3.26. The second kappa shape index (κ2) is 5.06.